The summed E-state index contributed by atoms with van der Waals surface area (Å²) in [4.78, 5) is 0. The predicted molar refractivity (Wildman–Crippen MR) is 77.5 cm³/mol. The van der Waals surface area contributed by atoms with Crippen LogP contribution in [0.2, 0.25) is 5.02 Å². The van der Waals surface area contributed by atoms with E-state index in [1.54, 1.807) is 10.9 Å². The van der Waals surface area contributed by atoms with Crippen molar-refractivity contribution in [2.45, 2.75) is 37.6 Å². The maximum atomic E-state index is 6.54. The lowest BCUT2D eigenvalue weighted by Gasteiger charge is -2.34. The Bertz CT molecular complexity index is 557. The molecular weight excluding hydrogens is 258 g/mol. The fraction of sp³-hybridized carbons (Fsp3) is 0.400. The number of aromatic nitrogens is 2. The molecule has 0 unspecified atom stereocenters. The molecule has 1 fully saturated rings. The van der Waals surface area contributed by atoms with Gasteiger partial charge < -0.3 is 5.73 Å². The maximum Gasteiger partial charge on any atom is 0.0831 e. The first-order valence-electron chi connectivity index (χ1n) is 6.78. The molecule has 3 nitrogen and oxygen atoms in total. The van der Waals surface area contributed by atoms with Crippen molar-refractivity contribution < 1.29 is 0 Å². The summed E-state index contributed by atoms with van der Waals surface area (Å²) in [6.45, 7) is 0. The van der Waals surface area contributed by atoms with E-state index < -0.39 is 0 Å². The average Bonchev–Trinajstić information content (AvgIpc) is 2.93. The van der Waals surface area contributed by atoms with Crippen LogP contribution in [0.4, 0.5) is 0 Å². The number of halogens is 1. The highest BCUT2D eigenvalue weighted by atomic mass is 35.5. The van der Waals surface area contributed by atoms with Gasteiger partial charge in [-0.05, 0) is 36.6 Å². The smallest absolute Gasteiger partial charge is 0.0831 e. The van der Waals surface area contributed by atoms with Gasteiger partial charge in [-0.1, -0.05) is 36.9 Å². The van der Waals surface area contributed by atoms with E-state index in [2.05, 4.69) is 11.2 Å². The van der Waals surface area contributed by atoms with E-state index in [-0.39, 0.29) is 5.54 Å². The first kappa shape index (κ1) is 12.7. The van der Waals surface area contributed by atoms with Crippen molar-refractivity contribution in [3.05, 3.63) is 47.2 Å². The number of hydrogen-bond acceptors (Lipinski definition) is 2. The molecule has 19 heavy (non-hydrogen) atoms. The number of nitrogens with zero attached hydrogens (tertiary/aromatic N) is 2. The van der Waals surface area contributed by atoms with Crippen molar-refractivity contribution in [1.82, 2.24) is 9.78 Å². The van der Waals surface area contributed by atoms with Crippen LogP contribution < -0.4 is 5.73 Å². The number of rotatable bonds is 2. The van der Waals surface area contributed by atoms with Crippen LogP contribution in [0, 0.1) is 0 Å². The molecular formula is C15H18ClN3. The monoisotopic (exact) mass is 275 g/mol. The highest BCUT2D eigenvalue weighted by Gasteiger charge is 2.29. The molecule has 2 N–H and O–H groups in total. The summed E-state index contributed by atoms with van der Waals surface area (Å²) in [5.74, 6) is 0. The molecule has 100 valence electrons. The van der Waals surface area contributed by atoms with E-state index >= 15 is 0 Å². The van der Waals surface area contributed by atoms with Gasteiger partial charge in [0.2, 0.25) is 0 Å². The third-order valence-electron chi connectivity index (χ3n) is 4.02. The van der Waals surface area contributed by atoms with Crippen LogP contribution >= 0.6 is 11.6 Å². The van der Waals surface area contributed by atoms with Crippen LogP contribution in [-0.4, -0.2) is 9.78 Å². The maximum absolute atomic E-state index is 6.54. The fourth-order valence-electron chi connectivity index (χ4n) is 2.89. The van der Waals surface area contributed by atoms with Crippen LogP contribution in [0.25, 0.3) is 5.69 Å². The van der Waals surface area contributed by atoms with Gasteiger partial charge in [-0.25, -0.2) is 4.68 Å². The summed E-state index contributed by atoms with van der Waals surface area (Å²) in [6.07, 6.45) is 9.42. The molecule has 1 aliphatic rings. The van der Waals surface area contributed by atoms with Crippen molar-refractivity contribution in [3.63, 3.8) is 0 Å². The van der Waals surface area contributed by atoms with Crippen LogP contribution in [-0.2, 0) is 5.54 Å². The summed E-state index contributed by atoms with van der Waals surface area (Å²) in [6, 6.07) is 7.99. The lowest BCUT2D eigenvalue weighted by Crippen LogP contribution is -2.38. The molecule has 4 heteroatoms. The summed E-state index contributed by atoms with van der Waals surface area (Å²) < 4.78 is 1.77. The molecule has 0 bridgehead atoms. The van der Waals surface area contributed by atoms with Gasteiger partial charge in [0.1, 0.15) is 0 Å². The second kappa shape index (κ2) is 4.99. The molecule has 0 saturated heterocycles. The Kier molecular flexibility index (Phi) is 3.33. The Labute approximate surface area is 118 Å². The van der Waals surface area contributed by atoms with E-state index in [4.69, 9.17) is 17.3 Å². The fourth-order valence-corrected chi connectivity index (χ4v) is 3.15. The zero-order chi connectivity index (χ0) is 13.3. The van der Waals surface area contributed by atoms with Gasteiger partial charge in [-0.15, -0.1) is 0 Å². The molecule has 2 aromatic rings. The minimum atomic E-state index is -0.204. The standard InChI is InChI=1S/C15H18ClN3/c16-13-11-12(15(17)7-2-1-3-8-15)5-6-14(13)19-10-4-9-18-19/h4-6,9-11H,1-3,7-8,17H2. The van der Waals surface area contributed by atoms with Gasteiger partial charge in [0.25, 0.3) is 0 Å². The van der Waals surface area contributed by atoms with E-state index in [0.717, 1.165) is 24.1 Å². The highest BCUT2D eigenvalue weighted by Crippen LogP contribution is 2.36. The molecule has 1 saturated carbocycles. The molecule has 1 aliphatic carbocycles. The van der Waals surface area contributed by atoms with Crippen LogP contribution in [0.1, 0.15) is 37.7 Å². The van der Waals surface area contributed by atoms with Gasteiger partial charge in [0.15, 0.2) is 0 Å². The zero-order valence-electron chi connectivity index (χ0n) is 10.8. The minimum Gasteiger partial charge on any atom is -0.321 e. The number of hydrogen-bond donors (Lipinski definition) is 1. The Balaban J connectivity index is 1.95. The van der Waals surface area contributed by atoms with E-state index in [1.807, 2.05) is 24.4 Å². The largest absolute Gasteiger partial charge is 0.321 e. The Hall–Kier alpha value is -1.32. The molecule has 1 heterocycles. The van der Waals surface area contributed by atoms with Gasteiger partial charge in [-0.3, -0.25) is 0 Å². The van der Waals surface area contributed by atoms with Crippen molar-refractivity contribution in [2.24, 2.45) is 5.73 Å². The average molecular weight is 276 g/mol. The molecule has 1 aromatic carbocycles. The summed E-state index contributed by atoms with van der Waals surface area (Å²) >= 11 is 6.39. The van der Waals surface area contributed by atoms with Gasteiger partial charge in [-0.2, -0.15) is 5.10 Å². The molecule has 3 rings (SSSR count). The van der Waals surface area contributed by atoms with Crippen molar-refractivity contribution in [3.8, 4) is 5.69 Å². The second-order valence-electron chi connectivity index (χ2n) is 5.33. The van der Waals surface area contributed by atoms with Gasteiger partial charge in [0.05, 0.1) is 10.7 Å². The Morgan fingerprint density at radius 3 is 2.63 bits per heavy atom. The quantitative estimate of drug-likeness (QED) is 0.909. The SMILES string of the molecule is NC1(c2ccc(-n3cccn3)c(Cl)c2)CCCCC1. The third kappa shape index (κ3) is 2.40. The minimum absolute atomic E-state index is 0.204. The molecule has 0 atom stereocenters. The van der Waals surface area contributed by atoms with Gasteiger partial charge in [0, 0.05) is 17.9 Å². The highest BCUT2D eigenvalue weighted by molar-refractivity contribution is 6.32. The second-order valence-corrected chi connectivity index (χ2v) is 5.74. The summed E-state index contributed by atoms with van der Waals surface area (Å²) in [5.41, 5.74) is 8.38. The first-order chi connectivity index (χ1) is 9.19. The van der Waals surface area contributed by atoms with Crippen LogP contribution in [0.5, 0.6) is 0 Å². The molecule has 0 spiro atoms. The molecule has 1 aromatic heterocycles. The Morgan fingerprint density at radius 2 is 2.00 bits per heavy atom. The van der Waals surface area contributed by atoms with E-state index in [0.29, 0.717) is 5.02 Å². The van der Waals surface area contributed by atoms with E-state index in [9.17, 15) is 0 Å². The lowest BCUT2D eigenvalue weighted by molar-refractivity contribution is 0.302. The van der Waals surface area contributed by atoms with E-state index in [1.165, 1.54) is 19.3 Å². The topological polar surface area (TPSA) is 43.8 Å². The number of nitrogens with two attached hydrogens (primary N) is 1. The Morgan fingerprint density at radius 1 is 1.21 bits per heavy atom. The van der Waals surface area contributed by atoms with Crippen LogP contribution in [0.3, 0.4) is 0 Å². The van der Waals surface area contributed by atoms with Crippen LogP contribution in [0.15, 0.2) is 36.7 Å². The third-order valence-corrected chi connectivity index (χ3v) is 4.32. The van der Waals surface area contributed by atoms with Gasteiger partial charge >= 0.3 is 0 Å². The number of benzene rings is 1. The van der Waals surface area contributed by atoms with Crippen molar-refractivity contribution in [1.29, 1.82) is 0 Å². The zero-order valence-corrected chi connectivity index (χ0v) is 11.6. The molecule has 0 amide bonds. The normalized spacial score (nSPS) is 18.4. The summed E-state index contributed by atoms with van der Waals surface area (Å²) in [7, 11) is 0. The lowest BCUT2D eigenvalue weighted by atomic mass is 9.77. The first-order valence-corrected chi connectivity index (χ1v) is 7.16. The molecule has 0 aliphatic heterocycles. The summed E-state index contributed by atoms with van der Waals surface area (Å²) in [5, 5.41) is 4.91. The van der Waals surface area contributed by atoms with Crippen molar-refractivity contribution >= 4 is 11.6 Å². The van der Waals surface area contributed by atoms with Crippen molar-refractivity contribution in [2.75, 3.05) is 0 Å². The molecule has 0 radical (unpaired) electrons. The predicted octanol–water partition coefficient (Wildman–Crippen LogP) is 3.64.